The molecule has 0 bridgehead atoms. The van der Waals surface area contributed by atoms with Crippen LogP contribution in [0.4, 0.5) is 4.79 Å². The number of nitrogens with zero attached hydrogens (tertiary/aromatic N) is 1. The maximum absolute atomic E-state index is 12.7. The quantitative estimate of drug-likeness (QED) is 0.721. The first-order valence-electron chi connectivity index (χ1n) is 8.34. The van der Waals surface area contributed by atoms with Crippen molar-refractivity contribution in [3.05, 3.63) is 71.4 Å². The van der Waals surface area contributed by atoms with Gasteiger partial charge in [0.1, 0.15) is 6.04 Å². The summed E-state index contributed by atoms with van der Waals surface area (Å²) < 4.78 is 0. The number of hydrogen-bond acceptors (Lipinski definition) is 2. The molecular weight excluding hydrogens is 314 g/mol. The Morgan fingerprint density at radius 3 is 2.76 bits per heavy atom. The van der Waals surface area contributed by atoms with Gasteiger partial charge in [-0.3, -0.25) is 9.69 Å². The molecule has 2 aromatic carbocycles. The van der Waals surface area contributed by atoms with Gasteiger partial charge in [-0.25, -0.2) is 4.79 Å². The highest BCUT2D eigenvalue weighted by molar-refractivity contribution is 6.04. The van der Waals surface area contributed by atoms with E-state index in [-0.39, 0.29) is 11.9 Å². The third-order valence-electron chi connectivity index (χ3n) is 4.63. The van der Waals surface area contributed by atoms with Crippen LogP contribution in [0, 0.1) is 6.92 Å². The second kappa shape index (κ2) is 6.09. The Morgan fingerprint density at radius 1 is 1.08 bits per heavy atom. The normalized spacial score (nSPS) is 17.3. The van der Waals surface area contributed by atoms with E-state index in [9.17, 15) is 9.59 Å². The largest absolute Gasteiger partial charge is 0.361 e. The lowest BCUT2D eigenvalue weighted by Crippen LogP contribution is -2.32. The smallest absolute Gasteiger partial charge is 0.325 e. The van der Waals surface area contributed by atoms with Crippen LogP contribution in [0.1, 0.15) is 16.7 Å². The molecule has 0 aliphatic carbocycles. The van der Waals surface area contributed by atoms with Gasteiger partial charge in [-0.1, -0.05) is 48.0 Å². The minimum atomic E-state index is -0.517. The SMILES string of the molecule is Cc1cccc(CN2C(=O)NC(Cc3c[nH]c4ccccc34)C2=O)c1. The molecule has 1 saturated heterocycles. The minimum absolute atomic E-state index is 0.170. The first-order valence-corrected chi connectivity index (χ1v) is 8.34. The van der Waals surface area contributed by atoms with Crippen molar-refractivity contribution in [2.45, 2.75) is 25.9 Å². The Hall–Kier alpha value is -3.08. The molecule has 4 rings (SSSR count). The van der Waals surface area contributed by atoms with Crippen LogP contribution in [0.2, 0.25) is 0 Å². The van der Waals surface area contributed by atoms with Crippen molar-refractivity contribution in [3.63, 3.8) is 0 Å². The van der Waals surface area contributed by atoms with E-state index in [0.29, 0.717) is 13.0 Å². The third kappa shape index (κ3) is 2.89. The van der Waals surface area contributed by atoms with Gasteiger partial charge in [-0.15, -0.1) is 0 Å². The monoisotopic (exact) mass is 333 g/mol. The van der Waals surface area contributed by atoms with Crippen molar-refractivity contribution in [2.75, 3.05) is 0 Å². The van der Waals surface area contributed by atoms with Crippen LogP contribution in [0.25, 0.3) is 10.9 Å². The zero-order valence-corrected chi connectivity index (χ0v) is 14.0. The molecule has 0 saturated carbocycles. The fourth-order valence-electron chi connectivity index (χ4n) is 3.38. The van der Waals surface area contributed by atoms with E-state index in [1.165, 1.54) is 4.90 Å². The third-order valence-corrected chi connectivity index (χ3v) is 4.63. The second-order valence-corrected chi connectivity index (χ2v) is 6.48. The Morgan fingerprint density at radius 2 is 1.92 bits per heavy atom. The number of imide groups is 1. The predicted molar refractivity (Wildman–Crippen MR) is 96.1 cm³/mol. The molecule has 5 heteroatoms. The molecular formula is C20H19N3O2. The van der Waals surface area contributed by atoms with Crippen LogP contribution in [-0.2, 0) is 17.8 Å². The van der Waals surface area contributed by atoms with E-state index in [0.717, 1.165) is 27.6 Å². The number of hydrogen-bond donors (Lipinski definition) is 2. The van der Waals surface area contributed by atoms with E-state index in [4.69, 9.17) is 0 Å². The lowest BCUT2D eigenvalue weighted by atomic mass is 10.0. The molecule has 1 aliphatic heterocycles. The van der Waals surface area contributed by atoms with E-state index >= 15 is 0 Å². The van der Waals surface area contributed by atoms with Gasteiger partial charge in [0.2, 0.25) is 0 Å². The number of carbonyl (C=O) groups excluding carboxylic acids is 2. The number of para-hydroxylation sites is 1. The molecule has 1 atom stereocenters. The van der Waals surface area contributed by atoms with E-state index < -0.39 is 6.04 Å². The zero-order valence-electron chi connectivity index (χ0n) is 14.0. The molecule has 0 spiro atoms. The Kier molecular flexibility index (Phi) is 3.76. The number of H-pyrrole nitrogens is 1. The summed E-state index contributed by atoms with van der Waals surface area (Å²) in [6.07, 6.45) is 2.40. The average Bonchev–Trinajstić information content (AvgIpc) is 3.12. The maximum atomic E-state index is 12.7. The van der Waals surface area contributed by atoms with Crippen LogP contribution < -0.4 is 5.32 Å². The zero-order chi connectivity index (χ0) is 17.4. The summed E-state index contributed by atoms with van der Waals surface area (Å²) in [6.45, 7) is 2.30. The number of carbonyl (C=O) groups is 2. The standard InChI is InChI=1S/C20H19N3O2/c1-13-5-4-6-14(9-13)12-23-19(24)18(22-20(23)25)10-15-11-21-17-8-3-2-7-16(15)17/h2-9,11,18,21H,10,12H2,1H3,(H,22,25). The number of aromatic amines is 1. The van der Waals surface area contributed by atoms with E-state index in [1.807, 2.05) is 61.7 Å². The van der Waals surface area contributed by atoms with Gasteiger partial charge in [-0.2, -0.15) is 0 Å². The highest BCUT2D eigenvalue weighted by atomic mass is 16.2. The minimum Gasteiger partial charge on any atom is -0.361 e. The molecule has 2 N–H and O–H groups in total. The highest BCUT2D eigenvalue weighted by Gasteiger charge is 2.38. The summed E-state index contributed by atoms with van der Waals surface area (Å²) in [4.78, 5) is 29.5. The molecule has 1 unspecified atom stereocenters. The summed E-state index contributed by atoms with van der Waals surface area (Å²) in [5.74, 6) is -0.170. The molecule has 5 nitrogen and oxygen atoms in total. The van der Waals surface area contributed by atoms with Crippen LogP contribution >= 0.6 is 0 Å². The van der Waals surface area contributed by atoms with Gasteiger partial charge in [0.15, 0.2) is 0 Å². The first kappa shape index (κ1) is 15.4. The molecule has 3 aromatic rings. The van der Waals surface area contributed by atoms with Crippen molar-refractivity contribution in [2.24, 2.45) is 0 Å². The summed E-state index contributed by atoms with van der Waals surface area (Å²) in [5.41, 5.74) is 4.13. The van der Waals surface area contributed by atoms with Gasteiger partial charge in [0.05, 0.1) is 6.54 Å². The number of rotatable bonds is 4. The topological polar surface area (TPSA) is 65.2 Å². The van der Waals surface area contributed by atoms with Crippen molar-refractivity contribution in [1.82, 2.24) is 15.2 Å². The maximum Gasteiger partial charge on any atom is 0.325 e. The van der Waals surface area contributed by atoms with E-state index in [2.05, 4.69) is 10.3 Å². The predicted octanol–water partition coefficient (Wildman–Crippen LogP) is 3.14. The number of aromatic nitrogens is 1. The summed E-state index contributed by atoms with van der Waals surface area (Å²) in [6, 6.07) is 15.0. The van der Waals surface area contributed by atoms with Crippen molar-refractivity contribution >= 4 is 22.8 Å². The van der Waals surface area contributed by atoms with Gasteiger partial charge in [0.25, 0.3) is 5.91 Å². The van der Waals surface area contributed by atoms with Crippen LogP contribution in [0.3, 0.4) is 0 Å². The number of benzene rings is 2. The van der Waals surface area contributed by atoms with E-state index in [1.54, 1.807) is 0 Å². The van der Waals surface area contributed by atoms with Crippen molar-refractivity contribution in [3.8, 4) is 0 Å². The van der Waals surface area contributed by atoms with Gasteiger partial charge >= 0.3 is 6.03 Å². The molecule has 3 amide bonds. The Bertz CT molecular complexity index is 960. The first-order chi connectivity index (χ1) is 12.1. The number of urea groups is 1. The van der Waals surface area contributed by atoms with Crippen molar-refractivity contribution < 1.29 is 9.59 Å². The fourth-order valence-corrected chi connectivity index (χ4v) is 3.38. The van der Waals surface area contributed by atoms with Gasteiger partial charge < -0.3 is 10.3 Å². The molecule has 1 aromatic heterocycles. The molecule has 2 heterocycles. The van der Waals surface area contributed by atoms with Crippen LogP contribution in [0.5, 0.6) is 0 Å². The van der Waals surface area contributed by atoms with Crippen LogP contribution in [0.15, 0.2) is 54.7 Å². The lowest BCUT2D eigenvalue weighted by Gasteiger charge is -2.13. The molecule has 0 radical (unpaired) electrons. The Balaban J connectivity index is 1.53. The molecule has 1 aliphatic rings. The summed E-state index contributed by atoms with van der Waals surface area (Å²) >= 11 is 0. The molecule has 1 fully saturated rings. The molecule has 126 valence electrons. The van der Waals surface area contributed by atoms with Gasteiger partial charge in [0, 0.05) is 23.5 Å². The molecule has 25 heavy (non-hydrogen) atoms. The Labute approximate surface area is 145 Å². The number of nitrogens with one attached hydrogen (secondary N) is 2. The number of fused-ring (bicyclic) bond motifs is 1. The average molecular weight is 333 g/mol. The highest BCUT2D eigenvalue weighted by Crippen LogP contribution is 2.22. The lowest BCUT2D eigenvalue weighted by molar-refractivity contribution is -0.127. The number of amides is 3. The fraction of sp³-hybridized carbons (Fsp3) is 0.200. The second-order valence-electron chi connectivity index (χ2n) is 6.48. The number of aryl methyl sites for hydroxylation is 1. The van der Waals surface area contributed by atoms with Crippen LogP contribution in [-0.4, -0.2) is 27.9 Å². The summed E-state index contributed by atoms with van der Waals surface area (Å²) in [7, 11) is 0. The van der Waals surface area contributed by atoms with Gasteiger partial charge in [-0.05, 0) is 24.1 Å². The summed E-state index contributed by atoms with van der Waals surface area (Å²) in [5, 5.41) is 3.90. The van der Waals surface area contributed by atoms with Crippen molar-refractivity contribution in [1.29, 1.82) is 0 Å².